The van der Waals surface area contributed by atoms with E-state index in [1.807, 2.05) is 20.8 Å². The fraction of sp³-hybridized carbons (Fsp3) is 0.500. The van der Waals surface area contributed by atoms with Gasteiger partial charge < -0.3 is 16.0 Å². The number of amides is 2. The summed E-state index contributed by atoms with van der Waals surface area (Å²) in [5, 5.41) is 8.83. The van der Waals surface area contributed by atoms with Crippen molar-refractivity contribution in [2.45, 2.75) is 39.7 Å². The largest absolute Gasteiger partial charge is 0.326 e. The smallest absolute Gasteiger partial charge is 0.238 e. The summed E-state index contributed by atoms with van der Waals surface area (Å²) in [6, 6.07) is 7.66. The first-order valence-electron chi connectivity index (χ1n) is 7.29. The molecule has 2 rings (SSSR count). The van der Waals surface area contributed by atoms with Crippen molar-refractivity contribution in [2.75, 3.05) is 17.2 Å². The minimum atomic E-state index is -0.429. The van der Waals surface area contributed by atoms with E-state index in [2.05, 4.69) is 16.0 Å². The fourth-order valence-corrected chi connectivity index (χ4v) is 1.69. The Bertz CT molecular complexity index is 513. The Morgan fingerprint density at radius 1 is 1.05 bits per heavy atom. The van der Waals surface area contributed by atoms with Crippen molar-refractivity contribution in [2.24, 2.45) is 5.41 Å². The number of benzene rings is 1. The molecule has 0 unspecified atom stereocenters. The van der Waals surface area contributed by atoms with Crippen molar-refractivity contribution < 1.29 is 9.59 Å². The van der Waals surface area contributed by atoms with Gasteiger partial charge in [-0.3, -0.25) is 9.59 Å². The Kier molecular flexibility index (Phi) is 4.63. The van der Waals surface area contributed by atoms with Gasteiger partial charge in [-0.1, -0.05) is 20.8 Å². The van der Waals surface area contributed by atoms with Crippen LogP contribution in [0, 0.1) is 5.41 Å². The summed E-state index contributed by atoms with van der Waals surface area (Å²) >= 11 is 0. The monoisotopic (exact) mass is 289 g/mol. The maximum atomic E-state index is 11.9. The molecule has 1 aliphatic carbocycles. The van der Waals surface area contributed by atoms with Crippen LogP contribution in [0.5, 0.6) is 0 Å². The van der Waals surface area contributed by atoms with Crippen molar-refractivity contribution >= 4 is 23.2 Å². The second-order valence-corrected chi connectivity index (χ2v) is 6.48. The molecule has 114 valence electrons. The van der Waals surface area contributed by atoms with E-state index in [0.29, 0.717) is 12.6 Å². The molecule has 0 atom stereocenters. The van der Waals surface area contributed by atoms with Crippen LogP contribution in [0.25, 0.3) is 0 Å². The van der Waals surface area contributed by atoms with Crippen molar-refractivity contribution in [1.82, 2.24) is 5.32 Å². The van der Waals surface area contributed by atoms with Crippen LogP contribution in [0.4, 0.5) is 11.4 Å². The molecule has 1 aliphatic rings. The molecule has 5 nitrogen and oxygen atoms in total. The normalized spacial score (nSPS) is 14.6. The highest BCUT2D eigenvalue weighted by atomic mass is 16.2. The Hall–Kier alpha value is -1.88. The Labute approximate surface area is 125 Å². The number of rotatable bonds is 5. The van der Waals surface area contributed by atoms with Crippen LogP contribution in [0.1, 0.15) is 33.6 Å². The molecule has 0 saturated heterocycles. The van der Waals surface area contributed by atoms with E-state index in [9.17, 15) is 9.59 Å². The van der Waals surface area contributed by atoms with Gasteiger partial charge in [-0.15, -0.1) is 0 Å². The van der Waals surface area contributed by atoms with Crippen LogP contribution in [0.15, 0.2) is 24.3 Å². The molecule has 1 saturated carbocycles. The lowest BCUT2D eigenvalue weighted by molar-refractivity contribution is -0.123. The summed E-state index contributed by atoms with van der Waals surface area (Å²) in [7, 11) is 0. The van der Waals surface area contributed by atoms with Crippen molar-refractivity contribution in [3.05, 3.63) is 24.3 Å². The second kappa shape index (κ2) is 6.26. The summed E-state index contributed by atoms with van der Waals surface area (Å²) in [5.74, 6) is -0.0821. The van der Waals surface area contributed by atoms with Crippen molar-refractivity contribution in [1.29, 1.82) is 0 Å². The van der Waals surface area contributed by atoms with Crippen LogP contribution in [0.3, 0.4) is 0 Å². The van der Waals surface area contributed by atoms with E-state index in [4.69, 9.17) is 0 Å². The first-order valence-corrected chi connectivity index (χ1v) is 7.29. The van der Waals surface area contributed by atoms with Crippen molar-refractivity contribution in [3.8, 4) is 0 Å². The van der Waals surface area contributed by atoms with Gasteiger partial charge in [0, 0.05) is 22.8 Å². The Morgan fingerprint density at radius 3 is 2.05 bits per heavy atom. The molecule has 5 heteroatoms. The second-order valence-electron chi connectivity index (χ2n) is 6.48. The molecule has 0 aliphatic heterocycles. The summed E-state index contributed by atoms with van der Waals surface area (Å²) in [6.07, 6.45) is 2.32. The van der Waals surface area contributed by atoms with Gasteiger partial charge in [0.05, 0.1) is 6.54 Å². The molecule has 3 N–H and O–H groups in total. The average Bonchev–Trinajstić information content (AvgIpc) is 3.21. The molecule has 1 aromatic rings. The number of hydrogen-bond donors (Lipinski definition) is 3. The van der Waals surface area contributed by atoms with E-state index < -0.39 is 5.41 Å². The van der Waals surface area contributed by atoms with Crippen LogP contribution in [0.2, 0.25) is 0 Å². The van der Waals surface area contributed by atoms with Gasteiger partial charge in [-0.2, -0.15) is 0 Å². The molecule has 1 fully saturated rings. The number of anilines is 2. The lowest BCUT2D eigenvalue weighted by atomic mass is 9.95. The highest BCUT2D eigenvalue weighted by Gasteiger charge is 2.22. The molecule has 0 heterocycles. The van der Waals surface area contributed by atoms with Crippen molar-refractivity contribution in [3.63, 3.8) is 0 Å². The van der Waals surface area contributed by atoms with E-state index >= 15 is 0 Å². The van der Waals surface area contributed by atoms with Gasteiger partial charge in [0.1, 0.15) is 0 Å². The third-order valence-corrected chi connectivity index (χ3v) is 3.24. The molecular weight excluding hydrogens is 266 g/mol. The lowest BCUT2D eigenvalue weighted by Gasteiger charge is -2.17. The Balaban J connectivity index is 1.83. The Morgan fingerprint density at radius 2 is 1.57 bits per heavy atom. The first-order chi connectivity index (χ1) is 9.84. The zero-order valence-corrected chi connectivity index (χ0v) is 12.8. The molecule has 21 heavy (non-hydrogen) atoms. The quantitative estimate of drug-likeness (QED) is 0.779. The summed E-state index contributed by atoms with van der Waals surface area (Å²) in [4.78, 5) is 23.6. The minimum absolute atomic E-state index is 0.0343. The molecule has 0 bridgehead atoms. The van der Waals surface area contributed by atoms with Gasteiger partial charge in [-0.05, 0) is 37.1 Å². The zero-order valence-electron chi connectivity index (χ0n) is 12.8. The van der Waals surface area contributed by atoms with E-state index in [-0.39, 0.29) is 11.8 Å². The number of nitrogens with one attached hydrogen (secondary N) is 3. The molecule has 1 aromatic carbocycles. The molecule has 2 amide bonds. The zero-order chi connectivity index (χ0) is 15.5. The van der Waals surface area contributed by atoms with E-state index in [1.54, 1.807) is 24.3 Å². The van der Waals surface area contributed by atoms with Crippen LogP contribution < -0.4 is 16.0 Å². The van der Waals surface area contributed by atoms with E-state index in [0.717, 1.165) is 24.2 Å². The number of carbonyl (C=O) groups is 2. The molecular formula is C16H23N3O2. The predicted molar refractivity (Wildman–Crippen MR) is 84.2 cm³/mol. The van der Waals surface area contributed by atoms with Gasteiger partial charge in [0.15, 0.2) is 0 Å². The SMILES string of the molecule is CC(C)(C)C(=O)Nc1ccc(NC(=O)CNC2CC2)cc1. The van der Waals surface area contributed by atoms with Gasteiger partial charge in [0.25, 0.3) is 0 Å². The highest BCUT2D eigenvalue weighted by Crippen LogP contribution is 2.19. The maximum absolute atomic E-state index is 11.9. The molecule has 0 radical (unpaired) electrons. The standard InChI is InChI=1S/C16H23N3O2/c1-16(2,3)15(21)19-13-8-6-12(7-9-13)18-14(20)10-17-11-4-5-11/h6-9,11,17H,4-5,10H2,1-3H3,(H,18,20)(H,19,21). The summed E-state index contributed by atoms with van der Waals surface area (Å²) in [6.45, 7) is 5.94. The van der Waals surface area contributed by atoms with Crippen LogP contribution >= 0.6 is 0 Å². The van der Waals surface area contributed by atoms with Crippen LogP contribution in [-0.4, -0.2) is 24.4 Å². The van der Waals surface area contributed by atoms with Gasteiger partial charge >= 0.3 is 0 Å². The van der Waals surface area contributed by atoms with E-state index in [1.165, 1.54) is 0 Å². The van der Waals surface area contributed by atoms with Gasteiger partial charge in [-0.25, -0.2) is 0 Å². The molecule has 0 spiro atoms. The maximum Gasteiger partial charge on any atom is 0.238 e. The first kappa shape index (κ1) is 15.5. The lowest BCUT2D eigenvalue weighted by Crippen LogP contribution is -2.29. The highest BCUT2D eigenvalue weighted by molar-refractivity contribution is 5.95. The van der Waals surface area contributed by atoms with Gasteiger partial charge in [0.2, 0.25) is 11.8 Å². The van der Waals surface area contributed by atoms with Crippen LogP contribution in [-0.2, 0) is 9.59 Å². The average molecular weight is 289 g/mol. The third-order valence-electron chi connectivity index (χ3n) is 3.24. The summed E-state index contributed by atoms with van der Waals surface area (Å²) in [5.41, 5.74) is 1.02. The third kappa shape index (κ3) is 5.19. The predicted octanol–water partition coefficient (Wildman–Crippen LogP) is 2.36. The number of carbonyl (C=O) groups excluding carboxylic acids is 2. The molecule has 0 aromatic heterocycles. The topological polar surface area (TPSA) is 70.2 Å². The fourth-order valence-electron chi connectivity index (χ4n) is 1.69. The number of hydrogen-bond acceptors (Lipinski definition) is 3. The summed E-state index contributed by atoms with van der Waals surface area (Å²) < 4.78 is 0. The minimum Gasteiger partial charge on any atom is -0.326 e.